The number of rotatable bonds is 3. The van der Waals surface area contributed by atoms with Crippen molar-refractivity contribution in [3.05, 3.63) is 83.3 Å². The first-order valence-corrected chi connectivity index (χ1v) is 7.85. The molecule has 0 saturated carbocycles. The van der Waals surface area contributed by atoms with Gasteiger partial charge in [0, 0.05) is 5.41 Å². The Morgan fingerprint density at radius 2 is 1.23 bits per heavy atom. The fourth-order valence-electron chi connectivity index (χ4n) is 1.48. The molecule has 0 unspecified atom stereocenters. The van der Waals surface area contributed by atoms with E-state index in [2.05, 4.69) is 18.2 Å². The van der Waals surface area contributed by atoms with E-state index < -0.39 is 10.1 Å². The molecule has 5 heteroatoms. The molecule has 0 spiro atoms. The zero-order chi connectivity index (χ0) is 15.6. The van der Waals surface area contributed by atoms with Gasteiger partial charge in [0.05, 0.1) is 0 Å². The van der Waals surface area contributed by atoms with Crippen LogP contribution in [0.3, 0.4) is 0 Å². The summed E-state index contributed by atoms with van der Waals surface area (Å²) >= 11 is 0. The van der Waals surface area contributed by atoms with Gasteiger partial charge in [0.15, 0.2) is 0 Å². The van der Waals surface area contributed by atoms with Crippen LogP contribution in [0.2, 0.25) is 0 Å². The van der Waals surface area contributed by atoms with Crippen LogP contribution in [0, 0.1) is 0 Å². The van der Waals surface area contributed by atoms with Crippen LogP contribution in [0.4, 0.5) is 0 Å². The third kappa shape index (κ3) is 10.5. The third-order valence-corrected chi connectivity index (χ3v) is 2.85. The molecule has 2 rings (SSSR count). The van der Waals surface area contributed by atoms with Crippen LogP contribution in [0.25, 0.3) is 12.2 Å². The maximum atomic E-state index is 10.2. The van der Waals surface area contributed by atoms with Crippen LogP contribution in [0.5, 0.6) is 0 Å². The average molecular weight is 324 g/mol. The van der Waals surface area contributed by atoms with Gasteiger partial charge in [-0.1, -0.05) is 72.8 Å². The molecule has 3 nitrogen and oxygen atoms in total. The van der Waals surface area contributed by atoms with E-state index >= 15 is 0 Å². The van der Waals surface area contributed by atoms with Gasteiger partial charge in [0.1, 0.15) is 10.1 Å². The van der Waals surface area contributed by atoms with Gasteiger partial charge in [0.2, 0.25) is 0 Å². The Labute approximate surface area is 154 Å². The molecule has 0 fully saturated rings. The third-order valence-electron chi connectivity index (χ3n) is 2.39. The Balaban J connectivity index is 0.000000397. The number of hydrogen-bond acceptors (Lipinski definition) is 3. The predicted octanol–water partition coefficient (Wildman–Crippen LogP) is 0.926. The smallest absolute Gasteiger partial charge is 0.744 e. The van der Waals surface area contributed by atoms with E-state index in [0.717, 1.165) is 0 Å². The van der Waals surface area contributed by atoms with Crippen molar-refractivity contribution < 1.29 is 42.5 Å². The van der Waals surface area contributed by atoms with Crippen LogP contribution in [-0.2, 0) is 10.1 Å². The predicted molar refractivity (Wildman–Crippen MR) is 86.3 cm³/mol. The molecule has 0 aliphatic heterocycles. The number of hydrogen-bond donors (Lipinski definition) is 0. The normalized spacial score (nSPS) is 10.8. The van der Waals surface area contributed by atoms with Gasteiger partial charge in [-0.3, -0.25) is 0 Å². The van der Waals surface area contributed by atoms with Crippen LogP contribution < -0.4 is 29.6 Å². The van der Waals surface area contributed by atoms with Gasteiger partial charge in [-0.05, 0) is 24.1 Å². The van der Waals surface area contributed by atoms with Gasteiger partial charge in [-0.2, -0.15) is 0 Å². The first-order chi connectivity index (χ1) is 10.0. The molecule has 0 bridgehead atoms. The minimum atomic E-state index is -4.25. The molecule has 0 atom stereocenters. The summed E-state index contributed by atoms with van der Waals surface area (Å²) in [5.41, 5.74) is 1.96. The Morgan fingerprint density at radius 1 is 0.818 bits per heavy atom. The monoisotopic (exact) mass is 324 g/mol. The number of allylic oxidation sites excluding steroid dienone is 1. The molecule has 22 heavy (non-hydrogen) atoms. The second-order valence-electron chi connectivity index (χ2n) is 4.12. The van der Waals surface area contributed by atoms with Crippen molar-refractivity contribution in [3.8, 4) is 0 Å². The molecule has 0 saturated heterocycles. The van der Waals surface area contributed by atoms with Gasteiger partial charge >= 0.3 is 29.6 Å². The van der Waals surface area contributed by atoms with E-state index in [-0.39, 0.29) is 29.6 Å². The van der Waals surface area contributed by atoms with Gasteiger partial charge in [-0.25, -0.2) is 8.42 Å². The van der Waals surface area contributed by atoms with Crippen LogP contribution >= 0.6 is 0 Å². The Hall–Kier alpha value is -1.17. The largest absolute Gasteiger partial charge is 1.00 e. The van der Waals surface area contributed by atoms with Crippen molar-refractivity contribution in [3.63, 3.8) is 0 Å². The summed E-state index contributed by atoms with van der Waals surface area (Å²) in [6, 6.07) is 19.0. The van der Waals surface area contributed by atoms with Crippen molar-refractivity contribution in [2.45, 2.75) is 6.92 Å². The fourth-order valence-corrected chi connectivity index (χ4v) is 1.81. The van der Waals surface area contributed by atoms with Crippen LogP contribution in [0.15, 0.2) is 72.1 Å². The van der Waals surface area contributed by atoms with Crippen LogP contribution in [0.1, 0.15) is 18.1 Å². The number of benzene rings is 2. The first kappa shape index (κ1) is 20.8. The zero-order valence-electron chi connectivity index (χ0n) is 12.7. The standard InChI is InChI=1S/C9H10.C8H8O3S.Na/c1-2-6-9-7-4-3-5-8-9;9-12(10,11)7-6-8-4-2-1-3-5-8;/h2-8H,1H3;1-7H,(H,9,10,11);/q;;+1/p-1. The SMILES string of the molecule is CC=Cc1ccccc1.O=S(=O)([O-])C=Cc1ccccc1.[Na+]. The average Bonchev–Trinajstić information content (AvgIpc) is 2.48. The maximum Gasteiger partial charge on any atom is 1.00 e. The van der Waals surface area contributed by atoms with E-state index in [1.54, 1.807) is 24.3 Å². The quantitative estimate of drug-likeness (QED) is 0.623. The Morgan fingerprint density at radius 3 is 1.59 bits per heavy atom. The summed E-state index contributed by atoms with van der Waals surface area (Å²) in [6.07, 6.45) is 5.39. The zero-order valence-corrected chi connectivity index (χ0v) is 15.5. The minimum absolute atomic E-state index is 0. The summed E-state index contributed by atoms with van der Waals surface area (Å²) < 4.78 is 30.5. The molecule has 2 aromatic carbocycles. The van der Waals surface area contributed by atoms with Gasteiger partial charge in [0.25, 0.3) is 0 Å². The summed E-state index contributed by atoms with van der Waals surface area (Å²) in [5, 5.41) is 0.641. The van der Waals surface area contributed by atoms with Crippen molar-refractivity contribution in [1.29, 1.82) is 0 Å². The van der Waals surface area contributed by atoms with E-state index in [1.807, 2.05) is 37.3 Å². The molecule has 0 amide bonds. The van der Waals surface area contributed by atoms with Gasteiger partial charge in [-0.15, -0.1) is 0 Å². The summed E-state index contributed by atoms with van der Waals surface area (Å²) in [7, 11) is -4.25. The fraction of sp³-hybridized carbons (Fsp3) is 0.0588. The molecule has 2 aromatic rings. The molecule has 110 valence electrons. The molecular weight excluding hydrogens is 307 g/mol. The molecule has 0 radical (unpaired) electrons. The van der Waals surface area contributed by atoms with E-state index in [1.165, 1.54) is 11.6 Å². The Kier molecular flexibility index (Phi) is 10.8. The molecule has 0 aliphatic carbocycles. The Bertz CT molecular complexity index is 678. The molecular formula is C17H17NaO3S. The molecule has 0 heterocycles. The van der Waals surface area contributed by atoms with Crippen molar-refractivity contribution in [1.82, 2.24) is 0 Å². The van der Waals surface area contributed by atoms with Gasteiger partial charge < -0.3 is 4.55 Å². The van der Waals surface area contributed by atoms with E-state index in [0.29, 0.717) is 11.0 Å². The molecule has 0 N–H and O–H groups in total. The van der Waals surface area contributed by atoms with E-state index in [9.17, 15) is 13.0 Å². The minimum Gasteiger partial charge on any atom is -0.744 e. The second-order valence-corrected chi connectivity index (χ2v) is 5.37. The molecule has 0 aliphatic rings. The second kappa shape index (κ2) is 11.4. The van der Waals surface area contributed by atoms with Crippen molar-refractivity contribution in [2.75, 3.05) is 0 Å². The topological polar surface area (TPSA) is 57.2 Å². The molecule has 0 aromatic heterocycles. The summed E-state index contributed by atoms with van der Waals surface area (Å²) in [4.78, 5) is 0. The van der Waals surface area contributed by atoms with E-state index in [4.69, 9.17) is 0 Å². The first-order valence-electron chi connectivity index (χ1n) is 6.38. The van der Waals surface area contributed by atoms with Crippen molar-refractivity contribution in [2.24, 2.45) is 0 Å². The van der Waals surface area contributed by atoms with Crippen molar-refractivity contribution >= 4 is 22.3 Å². The summed E-state index contributed by atoms with van der Waals surface area (Å²) in [5.74, 6) is 0. The maximum absolute atomic E-state index is 10.2. The summed E-state index contributed by atoms with van der Waals surface area (Å²) in [6.45, 7) is 2.02. The van der Waals surface area contributed by atoms with Crippen LogP contribution in [-0.4, -0.2) is 13.0 Å².